The normalized spacial score (nSPS) is 13.9. The maximum absolute atomic E-state index is 11.8. The van der Waals surface area contributed by atoms with E-state index in [0.717, 1.165) is 18.5 Å². The summed E-state index contributed by atoms with van der Waals surface area (Å²) in [7, 11) is 0. The summed E-state index contributed by atoms with van der Waals surface area (Å²) in [5.41, 5.74) is 6.28. The minimum atomic E-state index is 0.0397. The molecule has 0 aromatic carbocycles. The molecule has 0 saturated heterocycles. The van der Waals surface area contributed by atoms with Gasteiger partial charge in [0.1, 0.15) is 23.0 Å². The lowest BCUT2D eigenvalue weighted by atomic mass is 10.4. The van der Waals surface area contributed by atoms with Gasteiger partial charge in [-0.2, -0.15) is 0 Å². The van der Waals surface area contributed by atoms with Gasteiger partial charge in [-0.15, -0.1) is 0 Å². The van der Waals surface area contributed by atoms with E-state index in [1.54, 1.807) is 30.7 Å². The average Bonchev–Trinajstić information content (AvgIpc) is 3.31. The molecule has 1 aliphatic carbocycles. The van der Waals surface area contributed by atoms with Crippen LogP contribution in [0.2, 0.25) is 0 Å². The molecule has 0 aliphatic heterocycles. The number of carbonyl (C=O) groups excluding carboxylic acids is 1. The Balaban J connectivity index is 1.54. The van der Waals surface area contributed by atoms with E-state index in [1.807, 2.05) is 16.5 Å². The van der Waals surface area contributed by atoms with Crippen molar-refractivity contribution in [3.8, 4) is 11.5 Å². The van der Waals surface area contributed by atoms with Crippen molar-refractivity contribution in [1.29, 1.82) is 0 Å². The van der Waals surface area contributed by atoms with E-state index < -0.39 is 0 Å². The highest BCUT2D eigenvalue weighted by molar-refractivity contribution is 5.93. The van der Waals surface area contributed by atoms with Crippen LogP contribution in [0.25, 0.3) is 5.65 Å². The van der Waals surface area contributed by atoms with Crippen molar-refractivity contribution >= 4 is 23.2 Å². The topological polar surface area (TPSA) is 94.5 Å². The van der Waals surface area contributed by atoms with Gasteiger partial charge in [0.25, 0.3) is 0 Å². The summed E-state index contributed by atoms with van der Waals surface area (Å²) < 4.78 is 7.53. The van der Waals surface area contributed by atoms with Crippen molar-refractivity contribution in [3.63, 3.8) is 0 Å². The van der Waals surface area contributed by atoms with Gasteiger partial charge in [0.05, 0.1) is 18.6 Å². The summed E-state index contributed by atoms with van der Waals surface area (Å²) in [5.74, 6) is 2.42. The van der Waals surface area contributed by atoms with E-state index in [0.29, 0.717) is 23.1 Å². The van der Waals surface area contributed by atoms with Crippen molar-refractivity contribution in [2.45, 2.75) is 12.8 Å². The van der Waals surface area contributed by atoms with Crippen LogP contribution in [0.15, 0.2) is 42.9 Å². The SMILES string of the molecule is Nc1ccc(Oc2ccc3nc(NC(=O)C4CC4)cn3c2)cn1. The molecule has 3 heterocycles. The van der Waals surface area contributed by atoms with Crippen LogP contribution in [-0.2, 0) is 4.79 Å². The fraction of sp³-hybridized carbons (Fsp3) is 0.188. The second kappa shape index (κ2) is 5.28. The first-order valence-electron chi connectivity index (χ1n) is 7.36. The third-order valence-corrected chi connectivity index (χ3v) is 3.62. The van der Waals surface area contributed by atoms with Gasteiger partial charge in [0.2, 0.25) is 5.91 Å². The molecule has 1 amide bonds. The van der Waals surface area contributed by atoms with E-state index in [2.05, 4.69) is 15.3 Å². The minimum Gasteiger partial charge on any atom is -0.454 e. The number of imidazole rings is 1. The Morgan fingerprint density at radius 1 is 1.22 bits per heavy atom. The number of ether oxygens (including phenoxy) is 1. The molecule has 1 saturated carbocycles. The quantitative estimate of drug-likeness (QED) is 0.772. The number of amides is 1. The largest absolute Gasteiger partial charge is 0.454 e. The van der Waals surface area contributed by atoms with Crippen LogP contribution in [0.3, 0.4) is 0 Å². The molecule has 1 aliphatic rings. The summed E-state index contributed by atoms with van der Waals surface area (Å²) in [5, 5.41) is 2.83. The smallest absolute Gasteiger partial charge is 0.228 e. The van der Waals surface area contributed by atoms with Gasteiger partial charge in [-0.25, -0.2) is 9.97 Å². The van der Waals surface area contributed by atoms with Crippen LogP contribution in [0.1, 0.15) is 12.8 Å². The molecular formula is C16H15N5O2. The van der Waals surface area contributed by atoms with Gasteiger partial charge in [-0.3, -0.25) is 4.79 Å². The Hall–Kier alpha value is -3.09. The fourth-order valence-electron chi connectivity index (χ4n) is 2.25. The lowest BCUT2D eigenvalue weighted by Crippen LogP contribution is -2.13. The minimum absolute atomic E-state index is 0.0397. The second-order valence-corrected chi connectivity index (χ2v) is 5.54. The third-order valence-electron chi connectivity index (χ3n) is 3.62. The molecule has 3 aromatic rings. The highest BCUT2D eigenvalue weighted by atomic mass is 16.5. The zero-order valence-electron chi connectivity index (χ0n) is 12.3. The van der Waals surface area contributed by atoms with Crippen molar-refractivity contribution in [3.05, 3.63) is 42.9 Å². The highest BCUT2D eigenvalue weighted by Gasteiger charge is 2.29. The molecule has 0 unspecified atom stereocenters. The maximum atomic E-state index is 11.8. The molecule has 116 valence electrons. The Labute approximate surface area is 132 Å². The first-order chi connectivity index (χ1) is 11.2. The predicted molar refractivity (Wildman–Crippen MR) is 85.3 cm³/mol. The summed E-state index contributed by atoms with van der Waals surface area (Å²) in [6, 6.07) is 7.07. The summed E-state index contributed by atoms with van der Waals surface area (Å²) in [6.07, 6.45) is 7.06. The second-order valence-electron chi connectivity index (χ2n) is 5.54. The van der Waals surface area contributed by atoms with Crippen molar-refractivity contribution in [2.75, 3.05) is 11.1 Å². The molecule has 3 N–H and O–H groups in total. The number of carbonyl (C=O) groups is 1. The van der Waals surface area contributed by atoms with Gasteiger partial charge >= 0.3 is 0 Å². The van der Waals surface area contributed by atoms with Crippen LogP contribution in [0, 0.1) is 5.92 Å². The maximum Gasteiger partial charge on any atom is 0.228 e. The summed E-state index contributed by atoms with van der Waals surface area (Å²) >= 11 is 0. The number of nitrogens with zero attached hydrogens (tertiary/aromatic N) is 3. The Bertz CT molecular complexity index is 868. The molecule has 0 spiro atoms. The number of rotatable bonds is 4. The Morgan fingerprint density at radius 3 is 2.78 bits per heavy atom. The first kappa shape index (κ1) is 13.6. The first-order valence-corrected chi connectivity index (χ1v) is 7.36. The van der Waals surface area contributed by atoms with E-state index in [9.17, 15) is 4.79 Å². The molecule has 1 fully saturated rings. The number of anilines is 2. The van der Waals surface area contributed by atoms with E-state index in [1.165, 1.54) is 0 Å². The summed E-state index contributed by atoms with van der Waals surface area (Å²) in [6.45, 7) is 0. The van der Waals surface area contributed by atoms with Crippen LogP contribution in [0.5, 0.6) is 11.5 Å². The third kappa shape index (κ3) is 2.94. The number of hydrogen-bond donors (Lipinski definition) is 2. The number of nitrogens with two attached hydrogens (primary N) is 1. The Morgan fingerprint density at radius 2 is 2.04 bits per heavy atom. The number of pyridine rings is 2. The van der Waals surface area contributed by atoms with Gasteiger partial charge in [-0.05, 0) is 37.1 Å². The van der Waals surface area contributed by atoms with Gasteiger partial charge in [0, 0.05) is 5.92 Å². The molecule has 0 bridgehead atoms. The van der Waals surface area contributed by atoms with Crippen molar-refractivity contribution in [1.82, 2.24) is 14.4 Å². The van der Waals surface area contributed by atoms with Crippen molar-refractivity contribution < 1.29 is 9.53 Å². The zero-order valence-corrected chi connectivity index (χ0v) is 12.3. The molecule has 0 atom stereocenters. The number of hydrogen-bond acceptors (Lipinski definition) is 5. The standard InChI is InChI=1S/C16H15N5O2/c17-13-5-3-11(7-18-13)23-12-4-6-15-19-14(9-21(15)8-12)20-16(22)10-1-2-10/h3-10H,1-2H2,(H2,17,18)(H,20,22). The van der Waals surface area contributed by atoms with Crippen LogP contribution in [-0.4, -0.2) is 20.3 Å². The van der Waals surface area contributed by atoms with Gasteiger partial charge in [0.15, 0.2) is 5.82 Å². The molecule has 7 nitrogen and oxygen atoms in total. The van der Waals surface area contributed by atoms with Crippen molar-refractivity contribution in [2.24, 2.45) is 5.92 Å². The van der Waals surface area contributed by atoms with E-state index in [4.69, 9.17) is 10.5 Å². The van der Waals surface area contributed by atoms with Gasteiger partial charge in [-0.1, -0.05) is 0 Å². The Kier molecular flexibility index (Phi) is 3.11. The van der Waals surface area contributed by atoms with E-state index >= 15 is 0 Å². The molecule has 0 radical (unpaired) electrons. The molecular weight excluding hydrogens is 294 g/mol. The van der Waals surface area contributed by atoms with Crippen LogP contribution in [0.4, 0.5) is 11.6 Å². The van der Waals surface area contributed by atoms with Gasteiger partial charge < -0.3 is 20.2 Å². The van der Waals surface area contributed by atoms with Crippen LogP contribution >= 0.6 is 0 Å². The highest BCUT2D eigenvalue weighted by Crippen LogP contribution is 2.30. The lowest BCUT2D eigenvalue weighted by molar-refractivity contribution is -0.117. The molecule has 7 heteroatoms. The van der Waals surface area contributed by atoms with E-state index in [-0.39, 0.29) is 11.8 Å². The fourth-order valence-corrected chi connectivity index (χ4v) is 2.25. The lowest BCUT2D eigenvalue weighted by Gasteiger charge is -2.05. The number of fused-ring (bicyclic) bond motifs is 1. The molecule has 23 heavy (non-hydrogen) atoms. The average molecular weight is 309 g/mol. The zero-order chi connectivity index (χ0) is 15.8. The molecule has 3 aromatic heterocycles. The number of nitrogen functional groups attached to an aromatic ring is 1. The monoisotopic (exact) mass is 309 g/mol. The predicted octanol–water partition coefficient (Wildman–Crippen LogP) is 2.45. The van der Waals surface area contributed by atoms with Crippen LogP contribution < -0.4 is 15.8 Å². The molecule has 4 rings (SSSR count). The number of aromatic nitrogens is 3. The summed E-state index contributed by atoms with van der Waals surface area (Å²) in [4.78, 5) is 20.1. The number of nitrogens with one attached hydrogen (secondary N) is 1.